The molecule has 5 nitrogen and oxygen atoms in total. The van der Waals surface area contributed by atoms with E-state index < -0.39 is 0 Å². The van der Waals surface area contributed by atoms with Crippen LogP contribution in [0, 0.1) is 13.8 Å². The highest BCUT2D eigenvalue weighted by Gasteiger charge is 2.26. The van der Waals surface area contributed by atoms with E-state index in [2.05, 4.69) is 34.6 Å². The highest BCUT2D eigenvalue weighted by atomic mass is 16.2. The van der Waals surface area contributed by atoms with E-state index in [1.165, 1.54) is 5.56 Å². The number of aryl methyl sites for hydroxylation is 2. The van der Waals surface area contributed by atoms with E-state index in [0.29, 0.717) is 23.4 Å². The summed E-state index contributed by atoms with van der Waals surface area (Å²) in [6.45, 7) is 4.35. The first-order valence-electron chi connectivity index (χ1n) is 13.4. The summed E-state index contributed by atoms with van der Waals surface area (Å²) in [6.07, 6.45) is 4.23. The molecule has 2 heterocycles. The molecular formula is C35H29N3O2. The zero-order valence-electron chi connectivity index (χ0n) is 22.5. The molecule has 196 valence electrons. The monoisotopic (exact) mass is 523 g/mol. The molecule has 1 N–H and O–H groups in total. The lowest BCUT2D eigenvalue weighted by atomic mass is 9.99. The van der Waals surface area contributed by atoms with Crippen LogP contribution in [-0.2, 0) is 13.0 Å². The molecule has 0 radical (unpaired) electrons. The van der Waals surface area contributed by atoms with Gasteiger partial charge in [0.05, 0.1) is 6.54 Å². The van der Waals surface area contributed by atoms with Gasteiger partial charge >= 0.3 is 0 Å². The molecule has 0 spiro atoms. The molecule has 0 bridgehead atoms. The standard InChI is InChI=1S/C35H29N3O2/c1-23-20-32(37-34(39)30-13-7-6-12-29(30)25-15-17-36-18-16-25)24(2)19-31(23)35(40)38-22-28-11-4-3-9-26(28)21-27-10-5-8-14-33(27)38/h3-20H,21-22H2,1-2H3,(H,37,39). The van der Waals surface area contributed by atoms with Crippen molar-refractivity contribution in [2.45, 2.75) is 26.8 Å². The lowest BCUT2D eigenvalue weighted by Gasteiger charge is -2.25. The molecule has 0 unspecified atom stereocenters. The number of aromatic nitrogens is 1. The van der Waals surface area contributed by atoms with Gasteiger partial charge in [0.15, 0.2) is 0 Å². The van der Waals surface area contributed by atoms with Gasteiger partial charge in [-0.2, -0.15) is 0 Å². The second-order valence-corrected chi connectivity index (χ2v) is 10.2. The topological polar surface area (TPSA) is 62.3 Å². The molecule has 1 aliphatic heterocycles. The first-order chi connectivity index (χ1) is 19.5. The van der Waals surface area contributed by atoms with Crippen molar-refractivity contribution in [1.82, 2.24) is 4.98 Å². The number of anilines is 2. The molecule has 0 saturated carbocycles. The second kappa shape index (κ2) is 10.6. The van der Waals surface area contributed by atoms with Gasteiger partial charge in [-0.3, -0.25) is 14.6 Å². The van der Waals surface area contributed by atoms with Crippen molar-refractivity contribution >= 4 is 23.2 Å². The summed E-state index contributed by atoms with van der Waals surface area (Å²) in [6, 6.07) is 31.5. The van der Waals surface area contributed by atoms with Gasteiger partial charge in [0, 0.05) is 34.9 Å². The minimum atomic E-state index is -0.202. The van der Waals surface area contributed by atoms with Crippen LogP contribution in [0.4, 0.5) is 11.4 Å². The number of carbonyl (C=O) groups excluding carboxylic acids is 2. The van der Waals surface area contributed by atoms with Crippen LogP contribution in [0.15, 0.2) is 109 Å². The first-order valence-corrected chi connectivity index (χ1v) is 13.4. The number of nitrogens with zero attached hydrogens (tertiary/aromatic N) is 2. The van der Waals surface area contributed by atoms with Crippen molar-refractivity contribution in [1.29, 1.82) is 0 Å². The zero-order chi connectivity index (χ0) is 27.6. The molecule has 5 aromatic rings. The van der Waals surface area contributed by atoms with Crippen LogP contribution < -0.4 is 10.2 Å². The Kier molecular flexibility index (Phi) is 6.71. The van der Waals surface area contributed by atoms with Gasteiger partial charge in [-0.15, -0.1) is 0 Å². The fourth-order valence-electron chi connectivity index (χ4n) is 5.43. The molecule has 1 aromatic heterocycles. The molecule has 0 saturated heterocycles. The van der Waals surface area contributed by atoms with Crippen LogP contribution in [0.3, 0.4) is 0 Å². The minimum absolute atomic E-state index is 0.0503. The van der Waals surface area contributed by atoms with E-state index in [0.717, 1.165) is 45.5 Å². The van der Waals surface area contributed by atoms with E-state index >= 15 is 0 Å². The molecule has 4 aromatic carbocycles. The Labute approximate surface area is 234 Å². The number of pyridine rings is 1. The van der Waals surface area contributed by atoms with Gasteiger partial charge in [0.25, 0.3) is 11.8 Å². The van der Waals surface area contributed by atoms with Gasteiger partial charge in [-0.05, 0) is 95.6 Å². The van der Waals surface area contributed by atoms with Crippen molar-refractivity contribution in [2.75, 3.05) is 10.2 Å². The van der Waals surface area contributed by atoms with Crippen LogP contribution in [-0.4, -0.2) is 16.8 Å². The number of hydrogen-bond acceptors (Lipinski definition) is 3. The number of benzene rings is 4. The van der Waals surface area contributed by atoms with Crippen molar-refractivity contribution < 1.29 is 9.59 Å². The van der Waals surface area contributed by atoms with Crippen molar-refractivity contribution in [3.63, 3.8) is 0 Å². The maximum atomic E-state index is 14.1. The smallest absolute Gasteiger partial charge is 0.258 e. The molecule has 0 aliphatic carbocycles. The first kappa shape index (κ1) is 25.3. The molecule has 6 rings (SSSR count). The Morgan fingerprint density at radius 1 is 0.725 bits per heavy atom. The Morgan fingerprint density at radius 3 is 2.20 bits per heavy atom. The van der Waals surface area contributed by atoms with Crippen molar-refractivity contribution in [3.8, 4) is 11.1 Å². The number of para-hydroxylation sites is 1. The molecule has 0 atom stereocenters. The van der Waals surface area contributed by atoms with Gasteiger partial charge in [0.2, 0.25) is 0 Å². The number of carbonyl (C=O) groups is 2. The Morgan fingerprint density at radius 2 is 1.40 bits per heavy atom. The predicted octanol–water partition coefficient (Wildman–Crippen LogP) is 7.37. The average molecular weight is 524 g/mol. The third-order valence-electron chi connectivity index (χ3n) is 7.57. The number of fused-ring (bicyclic) bond motifs is 2. The summed E-state index contributed by atoms with van der Waals surface area (Å²) >= 11 is 0. The van der Waals surface area contributed by atoms with Crippen LogP contribution in [0.2, 0.25) is 0 Å². The zero-order valence-corrected chi connectivity index (χ0v) is 22.5. The second-order valence-electron chi connectivity index (χ2n) is 10.2. The maximum Gasteiger partial charge on any atom is 0.258 e. The van der Waals surface area contributed by atoms with E-state index in [1.54, 1.807) is 12.4 Å². The number of amides is 2. The third-order valence-corrected chi connectivity index (χ3v) is 7.57. The van der Waals surface area contributed by atoms with Crippen LogP contribution in [0.25, 0.3) is 11.1 Å². The SMILES string of the molecule is Cc1cc(C(=O)N2Cc3ccccc3Cc3ccccc32)c(C)cc1NC(=O)c1ccccc1-c1ccncc1. The van der Waals surface area contributed by atoms with Crippen LogP contribution >= 0.6 is 0 Å². The van der Waals surface area contributed by atoms with E-state index in [-0.39, 0.29) is 11.8 Å². The van der Waals surface area contributed by atoms with Gasteiger partial charge in [-0.25, -0.2) is 0 Å². The van der Waals surface area contributed by atoms with Crippen LogP contribution in [0.5, 0.6) is 0 Å². The summed E-state index contributed by atoms with van der Waals surface area (Å²) in [4.78, 5) is 33.5. The quantitative estimate of drug-likeness (QED) is 0.268. The van der Waals surface area contributed by atoms with Crippen LogP contribution in [0.1, 0.15) is 48.5 Å². The molecular weight excluding hydrogens is 494 g/mol. The largest absolute Gasteiger partial charge is 0.322 e. The van der Waals surface area contributed by atoms with Crippen molar-refractivity contribution in [2.24, 2.45) is 0 Å². The molecule has 0 fully saturated rings. The van der Waals surface area contributed by atoms with Gasteiger partial charge < -0.3 is 10.2 Å². The van der Waals surface area contributed by atoms with E-state index in [4.69, 9.17) is 0 Å². The van der Waals surface area contributed by atoms with Gasteiger partial charge in [-0.1, -0.05) is 60.7 Å². The third kappa shape index (κ3) is 4.78. The minimum Gasteiger partial charge on any atom is -0.322 e. The maximum absolute atomic E-state index is 14.1. The fraction of sp³-hybridized carbons (Fsp3) is 0.114. The number of hydrogen-bond donors (Lipinski definition) is 1. The highest BCUT2D eigenvalue weighted by Crippen LogP contribution is 2.33. The fourth-order valence-corrected chi connectivity index (χ4v) is 5.43. The summed E-state index contributed by atoms with van der Waals surface area (Å²) < 4.78 is 0. The predicted molar refractivity (Wildman–Crippen MR) is 160 cm³/mol. The van der Waals surface area contributed by atoms with Gasteiger partial charge in [0.1, 0.15) is 0 Å². The summed E-state index contributed by atoms with van der Waals surface area (Å²) in [5.74, 6) is -0.252. The van der Waals surface area contributed by atoms with Crippen molar-refractivity contribution in [3.05, 3.63) is 148 Å². The molecule has 40 heavy (non-hydrogen) atoms. The van der Waals surface area contributed by atoms with E-state index in [1.807, 2.05) is 91.5 Å². The average Bonchev–Trinajstić information content (AvgIpc) is 3.16. The normalized spacial score (nSPS) is 12.2. The van der Waals surface area contributed by atoms with E-state index in [9.17, 15) is 9.59 Å². The molecule has 5 heteroatoms. The Hall–Kier alpha value is -5.03. The lowest BCUT2D eigenvalue weighted by molar-refractivity contribution is 0.0983. The molecule has 1 aliphatic rings. The number of rotatable bonds is 4. The summed E-state index contributed by atoms with van der Waals surface area (Å²) in [7, 11) is 0. The highest BCUT2D eigenvalue weighted by molar-refractivity contribution is 6.10. The summed E-state index contributed by atoms with van der Waals surface area (Å²) in [5, 5.41) is 3.08. The Balaban J connectivity index is 1.31. The summed E-state index contributed by atoms with van der Waals surface area (Å²) in [5.41, 5.74) is 9.74. The molecule has 2 amide bonds. The lowest BCUT2D eigenvalue weighted by Crippen LogP contribution is -2.31. The Bertz CT molecular complexity index is 1740. The number of nitrogens with one attached hydrogen (secondary N) is 1.